The van der Waals surface area contributed by atoms with Gasteiger partial charge >= 0.3 is 0 Å². The lowest BCUT2D eigenvalue weighted by Gasteiger charge is -2.42. The summed E-state index contributed by atoms with van der Waals surface area (Å²) in [5.41, 5.74) is 1.13. The molecule has 1 aromatic heterocycles. The molecule has 4 heteroatoms. The lowest BCUT2D eigenvalue weighted by Crippen LogP contribution is -2.53. The molecule has 0 saturated heterocycles. The number of nitrogens with one attached hydrogen (secondary N) is 1. The van der Waals surface area contributed by atoms with Gasteiger partial charge in [0.15, 0.2) is 0 Å². The molecule has 0 radical (unpaired) electrons. The maximum absolute atomic E-state index is 5.91. The van der Waals surface area contributed by atoms with Crippen LogP contribution in [-0.4, -0.2) is 35.6 Å². The maximum Gasteiger partial charge on any atom is 0.0834 e. The topological polar surface area (TPSA) is 39.1 Å². The quantitative estimate of drug-likeness (QED) is 0.868. The molecule has 1 aliphatic carbocycles. The Morgan fingerprint density at radius 3 is 2.67 bits per heavy atom. The van der Waals surface area contributed by atoms with Crippen LogP contribution in [-0.2, 0) is 18.2 Å². The Hall–Kier alpha value is -0.870. The monoisotopic (exact) mass is 251 g/mol. The summed E-state index contributed by atoms with van der Waals surface area (Å²) in [5.74, 6) is 0. The van der Waals surface area contributed by atoms with E-state index in [9.17, 15) is 0 Å². The summed E-state index contributed by atoms with van der Waals surface area (Å²) in [7, 11) is 5.85. The van der Waals surface area contributed by atoms with Crippen molar-refractivity contribution in [3.05, 3.63) is 18.0 Å². The van der Waals surface area contributed by atoms with Crippen molar-refractivity contribution in [3.63, 3.8) is 0 Å². The molecule has 0 bridgehead atoms. The summed E-state index contributed by atoms with van der Waals surface area (Å²) in [6.07, 6.45) is 9.13. The Bertz CT molecular complexity index is 369. The molecular weight excluding hydrogens is 226 g/mol. The molecular formula is C14H25N3O. The Balaban J connectivity index is 2.10. The van der Waals surface area contributed by atoms with Crippen molar-refractivity contribution in [3.8, 4) is 0 Å². The van der Waals surface area contributed by atoms with Crippen molar-refractivity contribution in [1.29, 1.82) is 0 Å². The molecule has 102 valence electrons. The van der Waals surface area contributed by atoms with Crippen molar-refractivity contribution in [2.24, 2.45) is 7.05 Å². The molecule has 1 atom stereocenters. The molecule has 2 rings (SSSR count). The van der Waals surface area contributed by atoms with Crippen LogP contribution in [0.1, 0.15) is 37.8 Å². The highest BCUT2D eigenvalue weighted by Crippen LogP contribution is 2.35. The summed E-state index contributed by atoms with van der Waals surface area (Å²) in [6.45, 7) is 0. The standard InChI is InChI=1S/C14H25N3O/c1-15-13(11-12-7-10-17(2)16-12)14(18-3)8-5-4-6-9-14/h7,10,13,15H,4-6,8-9,11H2,1-3H3. The zero-order valence-corrected chi connectivity index (χ0v) is 11.8. The van der Waals surface area contributed by atoms with E-state index in [0.717, 1.165) is 25.0 Å². The van der Waals surface area contributed by atoms with Gasteiger partial charge in [-0.15, -0.1) is 0 Å². The van der Waals surface area contributed by atoms with Gasteiger partial charge in [-0.1, -0.05) is 19.3 Å². The average Bonchev–Trinajstić information content (AvgIpc) is 2.82. The van der Waals surface area contributed by atoms with Gasteiger partial charge in [-0.3, -0.25) is 4.68 Å². The van der Waals surface area contributed by atoms with Crippen LogP contribution >= 0.6 is 0 Å². The number of rotatable bonds is 5. The molecule has 1 aromatic rings. The highest BCUT2D eigenvalue weighted by Gasteiger charge is 2.39. The van der Waals surface area contributed by atoms with E-state index in [1.165, 1.54) is 19.3 Å². The van der Waals surface area contributed by atoms with Gasteiger partial charge in [0.05, 0.1) is 11.3 Å². The van der Waals surface area contributed by atoms with Crippen LogP contribution in [0.3, 0.4) is 0 Å². The van der Waals surface area contributed by atoms with E-state index in [1.807, 2.05) is 32.1 Å². The number of hydrogen-bond acceptors (Lipinski definition) is 3. The highest BCUT2D eigenvalue weighted by atomic mass is 16.5. The third-order valence-corrected chi connectivity index (χ3v) is 4.27. The van der Waals surface area contributed by atoms with E-state index < -0.39 is 0 Å². The summed E-state index contributed by atoms with van der Waals surface area (Å²) < 4.78 is 7.78. The second-order valence-corrected chi connectivity index (χ2v) is 5.36. The summed E-state index contributed by atoms with van der Waals surface area (Å²) in [6, 6.07) is 2.44. The fourth-order valence-corrected chi connectivity index (χ4v) is 3.18. The van der Waals surface area contributed by atoms with Crippen LogP contribution in [0.2, 0.25) is 0 Å². The van der Waals surface area contributed by atoms with Gasteiger partial charge in [0.1, 0.15) is 0 Å². The van der Waals surface area contributed by atoms with Crippen molar-refractivity contribution in [1.82, 2.24) is 15.1 Å². The minimum atomic E-state index is -0.00940. The number of ether oxygens (including phenoxy) is 1. The molecule has 1 unspecified atom stereocenters. The molecule has 1 aliphatic rings. The summed E-state index contributed by atoms with van der Waals surface area (Å²) in [4.78, 5) is 0. The number of aromatic nitrogens is 2. The fraction of sp³-hybridized carbons (Fsp3) is 0.786. The van der Waals surface area contributed by atoms with Gasteiger partial charge in [0, 0.05) is 32.8 Å². The molecule has 18 heavy (non-hydrogen) atoms. The summed E-state index contributed by atoms with van der Waals surface area (Å²) in [5, 5.41) is 7.93. The smallest absolute Gasteiger partial charge is 0.0834 e. The van der Waals surface area contributed by atoms with Crippen LogP contribution in [0.15, 0.2) is 12.3 Å². The van der Waals surface area contributed by atoms with Gasteiger partial charge < -0.3 is 10.1 Å². The summed E-state index contributed by atoms with van der Waals surface area (Å²) >= 11 is 0. The van der Waals surface area contributed by atoms with Crippen molar-refractivity contribution >= 4 is 0 Å². The lowest BCUT2D eigenvalue weighted by atomic mass is 9.77. The van der Waals surface area contributed by atoms with Gasteiger partial charge in [-0.2, -0.15) is 5.10 Å². The Kier molecular flexibility index (Phi) is 4.40. The molecule has 4 nitrogen and oxygen atoms in total. The van der Waals surface area contributed by atoms with Crippen LogP contribution in [0.5, 0.6) is 0 Å². The predicted molar refractivity (Wildman–Crippen MR) is 72.6 cm³/mol. The largest absolute Gasteiger partial charge is 0.377 e. The third kappa shape index (κ3) is 2.75. The van der Waals surface area contributed by atoms with Gasteiger partial charge in [-0.05, 0) is 26.0 Å². The second kappa shape index (κ2) is 5.85. The van der Waals surface area contributed by atoms with Gasteiger partial charge in [-0.25, -0.2) is 0 Å². The Morgan fingerprint density at radius 2 is 2.17 bits per heavy atom. The molecule has 0 aliphatic heterocycles. The van der Waals surface area contributed by atoms with E-state index >= 15 is 0 Å². The first-order chi connectivity index (χ1) is 8.70. The van der Waals surface area contributed by atoms with Crippen LogP contribution in [0.4, 0.5) is 0 Å². The zero-order chi connectivity index (χ0) is 13.0. The van der Waals surface area contributed by atoms with Crippen LogP contribution in [0.25, 0.3) is 0 Å². The molecule has 0 amide bonds. The Labute approximate surface area is 110 Å². The lowest BCUT2D eigenvalue weighted by molar-refractivity contribution is -0.0659. The third-order valence-electron chi connectivity index (χ3n) is 4.27. The van der Waals surface area contributed by atoms with E-state index in [1.54, 1.807) is 0 Å². The molecule has 1 saturated carbocycles. The van der Waals surface area contributed by atoms with Gasteiger partial charge in [0.25, 0.3) is 0 Å². The molecule has 1 fully saturated rings. The number of hydrogen-bond donors (Lipinski definition) is 1. The normalized spacial score (nSPS) is 20.8. The number of aryl methyl sites for hydroxylation is 1. The minimum Gasteiger partial charge on any atom is -0.377 e. The molecule has 0 aromatic carbocycles. The van der Waals surface area contributed by atoms with E-state index in [2.05, 4.69) is 16.5 Å². The first-order valence-corrected chi connectivity index (χ1v) is 6.91. The van der Waals surface area contributed by atoms with E-state index in [4.69, 9.17) is 4.74 Å². The maximum atomic E-state index is 5.91. The van der Waals surface area contributed by atoms with E-state index in [-0.39, 0.29) is 5.60 Å². The fourth-order valence-electron chi connectivity index (χ4n) is 3.18. The minimum absolute atomic E-state index is 0.00940. The number of likely N-dealkylation sites (N-methyl/N-ethyl adjacent to an activating group) is 1. The molecule has 1 N–H and O–H groups in total. The van der Waals surface area contributed by atoms with Crippen molar-refractivity contribution in [2.75, 3.05) is 14.2 Å². The predicted octanol–water partition coefficient (Wildman–Crippen LogP) is 1.90. The highest BCUT2D eigenvalue weighted by molar-refractivity contribution is 5.06. The van der Waals surface area contributed by atoms with Crippen LogP contribution in [0, 0.1) is 0 Å². The number of methoxy groups -OCH3 is 1. The van der Waals surface area contributed by atoms with Crippen molar-refractivity contribution < 1.29 is 4.74 Å². The van der Waals surface area contributed by atoms with Crippen LogP contribution < -0.4 is 5.32 Å². The number of nitrogens with zero attached hydrogens (tertiary/aromatic N) is 2. The average molecular weight is 251 g/mol. The zero-order valence-electron chi connectivity index (χ0n) is 11.8. The Morgan fingerprint density at radius 1 is 1.44 bits per heavy atom. The van der Waals surface area contributed by atoms with Crippen molar-refractivity contribution in [2.45, 2.75) is 50.2 Å². The first kappa shape index (κ1) is 13.6. The first-order valence-electron chi connectivity index (χ1n) is 6.91. The molecule has 0 spiro atoms. The SMILES string of the molecule is CNC(Cc1ccn(C)n1)C1(OC)CCCCC1. The van der Waals surface area contributed by atoms with Gasteiger partial charge in [0.2, 0.25) is 0 Å². The second-order valence-electron chi connectivity index (χ2n) is 5.36. The van der Waals surface area contributed by atoms with E-state index in [0.29, 0.717) is 6.04 Å². The molecule has 1 heterocycles.